The second-order valence-electron chi connectivity index (χ2n) is 6.78. The lowest BCUT2D eigenvalue weighted by Crippen LogP contribution is -2.11. The minimum absolute atomic E-state index is 0.0444. The summed E-state index contributed by atoms with van der Waals surface area (Å²) in [5, 5.41) is 0. The predicted molar refractivity (Wildman–Crippen MR) is 99.7 cm³/mol. The van der Waals surface area contributed by atoms with Crippen LogP contribution in [-0.4, -0.2) is 6.61 Å². The van der Waals surface area contributed by atoms with Gasteiger partial charge >= 0.3 is 0 Å². The first kappa shape index (κ1) is 17.8. The van der Waals surface area contributed by atoms with Crippen LogP contribution >= 0.6 is 0 Å². The standard InChI is InChI=1S/C23H19F3O/c24-18-5-3-4-17(14-18)20-12-11-19(22(25)23(20)26)15-7-9-16(10-8-15)21-6-1-2-13-27-21/h3-5,7-12,14,21H,1-2,6,13H2. The number of ether oxygens (including phenoxy) is 1. The van der Waals surface area contributed by atoms with E-state index in [1.807, 2.05) is 12.1 Å². The zero-order valence-corrected chi connectivity index (χ0v) is 14.7. The van der Waals surface area contributed by atoms with E-state index in [4.69, 9.17) is 4.74 Å². The second-order valence-corrected chi connectivity index (χ2v) is 6.78. The van der Waals surface area contributed by atoms with Crippen LogP contribution in [0.4, 0.5) is 13.2 Å². The summed E-state index contributed by atoms with van der Waals surface area (Å²) in [6.45, 7) is 0.758. The summed E-state index contributed by atoms with van der Waals surface area (Å²) in [5.41, 5.74) is 2.18. The minimum atomic E-state index is -0.974. The van der Waals surface area contributed by atoms with Gasteiger partial charge in [-0.15, -0.1) is 0 Å². The van der Waals surface area contributed by atoms with Crippen LogP contribution in [0.2, 0.25) is 0 Å². The zero-order chi connectivity index (χ0) is 18.8. The van der Waals surface area contributed by atoms with Gasteiger partial charge in [0.15, 0.2) is 11.6 Å². The molecule has 0 radical (unpaired) electrons. The van der Waals surface area contributed by atoms with E-state index in [1.54, 1.807) is 18.2 Å². The maximum atomic E-state index is 14.7. The van der Waals surface area contributed by atoms with Gasteiger partial charge < -0.3 is 4.74 Å². The van der Waals surface area contributed by atoms with Gasteiger partial charge in [-0.1, -0.05) is 48.5 Å². The number of benzene rings is 3. The van der Waals surface area contributed by atoms with Gasteiger partial charge in [-0.25, -0.2) is 13.2 Å². The highest BCUT2D eigenvalue weighted by Gasteiger charge is 2.18. The molecule has 0 saturated carbocycles. The molecule has 1 unspecified atom stereocenters. The van der Waals surface area contributed by atoms with E-state index in [1.165, 1.54) is 30.3 Å². The number of hydrogen-bond acceptors (Lipinski definition) is 1. The van der Waals surface area contributed by atoms with Crippen LogP contribution < -0.4 is 0 Å². The fourth-order valence-electron chi connectivity index (χ4n) is 3.53. The topological polar surface area (TPSA) is 9.23 Å². The molecule has 1 atom stereocenters. The van der Waals surface area contributed by atoms with Crippen LogP contribution in [0.15, 0.2) is 60.7 Å². The molecule has 0 bridgehead atoms. The molecule has 1 aliphatic rings. The Hall–Kier alpha value is -2.59. The normalized spacial score (nSPS) is 17.1. The van der Waals surface area contributed by atoms with Crippen molar-refractivity contribution in [1.29, 1.82) is 0 Å². The van der Waals surface area contributed by atoms with E-state index in [0.717, 1.165) is 31.4 Å². The highest BCUT2D eigenvalue weighted by Crippen LogP contribution is 2.33. The van der Waals surface area contributed by atoms with Crippen LogP contribution in [-0.2, 0) is 4.74 Å². The Kier molecular flexibility index (Phi) is 4.99. The SMILES string of the molecule is Fc1cccc(-c2ccc(-c3ccc(C4CCCCO4)cc3)c(F)c2F)c1. The van der Waals surface area contributed by atoms with Gasteiger partial charge in [-0.05, 0) is 48.1 Å². The lowest BCUT2D eigenvalue weighted by atomic mass is 9.96. The molecule has 1 heterocycles. The third-order valence-corrected chi connectivity index (χ3v) is 4.99. The third kappa shape index (κ3) is 3.62. The Balaban J connectivity index is 1.65. The molecule has 1 nitrogen and oxygen atoms in total. The smallest absolute Gasteiger partial charge is 0.167 e. The quantitative estimate of drug-likeness (QED) is 0.501. The van der Waals surface area contributed by atoms with Crippen molar-refractivity contribution in [2.24, 2.45) is 0 Å². The average Bonchev–Trinajstić information content (AvgIpc) is 2.71. The van der Waals surface area contributed by atoms with Gasteiger partial charge in [0, 0.05) is 17.7 Å². The highest BCUT2D eigenvalue weighted by molar-refractivity contribution is 5.72. The molecule has 27 heavy (non-hydrogen) atoms. The molecular weight excluding hydrogens is 349 g/mol. The van der Waals surface area contributed by atoms with Gasteiger partial charge in [-0.3, -0.25) is 0 Å². The Labute approximate surface area is 156 Å². The van der Waals surface area contributed by atoms with Crippen molar-refractivity contribution in [3.63, 3.8) is 0 Å². The highest BCUT2D eigenvalue weighted by atomic mass is 19.2. The summed E-state index contributed by atoms with van der Waals surface area (Å²) in [7, 11) is 0. The molecule has 4 rings (SSSR count). The fraction of sp³-hybridized carbons (Fsp3) is 0.217. The molecule has 138 valence electrons. The largest absolute Gasteiger partial charge is 0.374 e. The van der Waals surface area contributed by atoms with E-state index in [9.17, 15) is 13.2 Å². The van der Waals surface area contributed by atoms with Crippen LogP contribution in [0.5, 0.6) is 0 Å². The number of halogens is 3. The summed E-state index contributed by atoms with van der Waals surface area (Å²) < 4.78 is 48.5. The van der Waals surface area contributed by atoms with Gasteiger partial charge in [-0.2, -0.15) is 0 Å². The van der Waals surface area contributed by atoms with Crippen molar-refractivity contribution >= 4 is 0 Å². The van der Waals surface area contributed by atoms with E-state index in [-0.39, 0.29) is 17.2 Å². The van der Waals surface area contributed by atoms with Crippen molar-refractivity contribution in [3.8, 4) is 22.3 Å². The van der Waals surface area contributed by atoms with Gasteiger partial charge in [0.05, 0.1) is 6.10 Å². The molecule has 1 aliphatic heterocycles. The molecule has 4 heteroatoms. The van der Waals surface area contributed by atoms with Crippen molar-refractivity contribution in [2.75, 3.05) is 6.61 Å². The first-order valence-electron chi connectivity index (χ1n) is 9.09. The lowest BCUT2D eigenvalue weighted by Gasteiger charge is -2.23. The Bertz CT molecular complexity index is 944. The minimum Gasteiger partial charge on any atom is -0.374 e. The molecule has 0 N–H and O–H groups in total. The Morgan fingerprint density at radius 2 is 1.44 bits per heavy atom. The molecule has 0 amide bonds. The first-order valence-corrected chi connectivity index (χ1v) is 9.09. The zero-order valence-electron chi connectivity index (χ0n) is 14.7. The first-order chi connectivity index (χ1) is 13.1. The van der Waals surface area contributed by atoms with E-state index in [2.05, 4.69) is 0 Å². The maximum absolute atomic E-state index is 14.7. The predicted octanol–water partition coefficient (Wildman–Crippen LogP) is 6.68. The number of rotatable bonds is 3. The molecule has 0 aliphatic carbocycles. The van der Waals surface area contributed by atoms with Crippen LogP contribution in [0.3, 0.4) is 0 Å². The Morgan fingerprint density at radius 1 is 0.741 bits per heavy atom. The van der Waals surface area contributed by atoms with Gasteiger partial charge in [0.1, 0.15) is 5.82 Å². The molecular formula is C23H19F3O. The molecule has 3 aromatic rings. The van der Waals surface area contributed by atoms with Crippen molar-refractivity contribution in [3.05, 3.63) is 83.7 Å². The van der Waals surface area contributed by atoms with Gasteiger partial charge in [0.2, 0.25) is 0 Å². The Morgan fingerprint density at radius 3 is 2.07 bits per heavy atom. The number of hydrogen-bond donors (Lipinski definition) is 0. The summed E-state index contributed by atoms with van der Waals surface area (Å²) in [5.74, 6) is -2.40. The lowest BCUT2D eigenvalue weighted by molar-refractivity contribution is 0.0149. The summed E-state index contributed by atoms with van der Waals surface area (Å²) in [6.07, 6.45) is 3.26. The average molecular weight is 368 g/mol. The summed E-state index contributed by atoms with van der Waals surface area (Å²) in [4.78, 5) is 0. The molecule has 0 spiro atoms. The molecule has 3 aromatic carbocycles. The van der Waals surface area contributed by atoms with Gasteiger partial charge in [0.25, 0.3) is 0 Å². The third-order valence-electron chi connectivity index (χ3n) is 4.99. The molecule has 1 saturated heterocycles. The van der Waals surface area contributed by atoms with Crippen LogP contribution in [0, 0.1) is 17.5 Å². The fourth-order valence-corrected chi connectivity index (χ4v) is 3.53. The van der Waals surface area contributed by atoms with E-state index in [0.29, 0.717) is 11.1 Å². The molecule has 0 aromatic heterocycles. The van der Waals surface area contributed by atoms with E-state index >= 15 is 0 Å². The van der Waals surface area contributed by atoms with E-state index < -0.39 is 17.5 Å². The summed E-state index contributed by atoms with van der Waals surface area (Å²) >= 11 is 0. The van der Waals surface area contributed by atoms with Crippen molar-refractivity contribution in [1.82, 2.24) is 0 Å². The van der Waals surface area contributed by atoms with Crippen molar-refractivity contribution in [2.45, 2.75) is 25.4 Å². The molecule has 1 fully saturated rings. The van der Waals surface area contributed by atoms with Crippen molar-refractivity contribution < 1.29 is 17.9 Å². The second kappa shape index (κ2) is 7.57. The maximum Gasteiger partial charge on any atom is 0.167 e. The monoisotopic (exact) mass is 368 g/mol. The summed E-state index contributed by atoms with van der Waals surface area (Å²) in [6, 6.07) is 15.9. The van der Waals surface area contributed by atoms with Crippen LogP contribution in [0.1, 0.15) is 30.9 Å². The van der Waals surface area contributed by atoms with Crippen LogP contribution in [0.25, 0.3) is 22.3 Å².